The second-order valence-electron chi connectivity index (χ2n) is 9.68. The van der Waals surface area contributed by atoms with Crippen molar-refractivity contribution in [1.29, 1.82) is 0 Å². The monoisotopic (exact) mass is 496 g/mol. The largest absolute Gasteiger partial charge is 0.502 e. The first-order valence-electron chi connectivity index (χ1n) is 11.7. The molecule has 0 fully saturated rings. The van der Waals surface area contributed by atoms with Gasteiger partial charge >= 0.3 is 11.4 Å². The summed E-state index contributed by atoms with van der Waals surface area (Å²) in [6, 6.07) is 16.6. The fraction of sp³-hybridized carbons (Fsp3) is 0.172. The smallest absolute Gasteiger partial charge is 0.311 e. The molecular formula is C29H24N2O6. The molecular weight excluding hydrogens is 472 g/mol. The Labute approximate surface area is 212 Å². The van der Waals surface area contributed by atoms with E-state index >= 15 is 0 Å². The van der Waals surface area contributed by atoms with Gasteiger partial charge in [-0.15, -0.1) is 0 Å². The zero-order valence-corrected chi connectivity index (χ0v) is 20.7. The summed E-state index contributed by atoms with van der Waals surface area (Å²) in [6.07, 6.45) is 0. The predicted octanol–water partition coefficient (Wildman–Crippen LogP) is 6.51. The molecule has 8 heteroatoms. The third kappa shape index (κ3) is 3.36. The summed E-state index contributed by atoms with van der Waals surface area (Å²) in [4.78, 5) is 22.4. The maximum atomic E-state index is 11.8. The molecule has 2 N–H and O–H groups in total. The van der Waals surface area contributed by atoms with Crippen LogP contribution < -0.4 is 0 Å². The molecule has 0 aromatic heterocycles. The lowest BCUT2D eigenvalue weighted by Crippen LogP contribution is -2.29. The fourth-order valence-corrected chi connectivity index (χ4v) is 5.93. The number of hydrogen-bond donors (Lipinski definition) is 2. The van der Waals surface area contributed by atoms with E-state index in [1.54, 1.807) is 12.1 Å². The van der Waals surface area contributed by atoms with Crippen molar-refractivity contribution >= 4 is 11.4 Å². The maximum Gasteiger partial charge on any atom is 0.311 e. The van der Waals surface area contributed by atoms with E-state index in [0.29, 0.717) is 11.1 Å². The predicted molar refractivity (Wildman–Crippen MR) is 139 cm³/mol. The van der Waals surface area contributed by atoms with Crippen LogP contribution in [0.15, 0.2) is 60.7 Å². The highest BCUT2D eigenvalue weighted by molar-refractivity contribution is 5.90. The van der Waals surface area contributed by atoms with E-state index in [9.17, 15) is 30.4 Å². The van der Waals surface area contributed by atoms with E-state index in [-0.39, 0.29) is 0 Å². The molecule has 37 heavy (non-hydrogen) atoms. The van der Waals surface area contributed by atoms with Gasteiger partial charge in [0.05, 0.1) is 15.3 Å². The van der Waals surface area contributed by atoms with Crippen LogP contribution in [0, 0.1) is 47.9 Å². The Kier molecular flexibility index (Phi) is 5.29. The lowest BCUT2D eigenvalue weighted by atomic mass is 9.67. The van der Waals surface area contributed by atoms with E-state index in [1.165, 1.54) is 24.3 Å². The second-order valence-corrected chi connectivity index (χ2v) is 9.68. The number of phenolic OH excluding ortho intramolecular Hbond substituents is 2. The summed E-state index contributed by atoms with van der Waals surface area (Å²) in [5.41, 5.74) is 6.36. The van der Waals surface area contributed by atoms with Gasteiger partial charge in [0.2, 0.25) is 0 Å². The van der Waals surface area contributed by atoms with Crippen LogP contribution in [-0.2, 0) is 5.41 Å². The van der Waals surface area contributed by atoms with Crippen molar-refractivity contribution < 1.29 is 20.1 Å². The number of rotatable bonds is 4. The van der Waals surface area contributed by atoms with Gasteiger partial charge in [0.25, 0.3) is 0 Å². The molecule has 0 spiro atoms. The summed E-state index contributed by atoms with van der Waals surface area (Å²) < 4.78 is 0. The Bertz CT molecular complexity index is 1530. The second kappa shape index (κ2) is 8.16. The SMILES string of the molecule is Cc1cc(C)c2c(c1)C(c1ccc(O)c([N+](=O)[O-])c1)(c1ccc(O)c([N+](=O)[O-])c1)c1cc(C)cc(C)c1-2. The molecule has 5 rings (SSSR count). The number of aryl methyl sites for hydroxylation is 4. The van der Waals surface area contributed by atoms with Crippen molar-refractivity contribution in [3.63, 3.8) is 0 Å². The summed E-state index contributed by atoms with van der Waals surface area (Å²) in [7, 11) is 0. The first kappa shape index (κ1) is 24.0. The minimum atomic E-state index is -1.19. The normalized spacial score (nSPS) is 13.2. The van der Waals surface area contributed by atoms with Crippen LogP contribution in [0.1, 0.15) is 44.5 Å². The van der Waals surface area contributed by atoms with Gasteiger partial charge in [-0.1, -0.05) is 47.5 Å². The number of aromatic hydroxyl groups is 2. The molecule has 0 unspecified atom stereocenters. The quantitative estimate of drug-likeness (QED) is 0.216. The molecule has 0 saturated carbocycles. The molecule has 0 saturated heterocycles. The van der Waals surface area contributed by atoms with Crippen LogP contribution in [-0.4, -0.2) is 20.1 Å². The molecule has 0 radical (unpaired) electrons. The number of nitro groups is 2. The minimum Gasteiger partial charge on any atom is -0.502 e. The maximum absolute atomic E-state index is 11.8. The molecule has 4 aromatic carbocycles. The standard InChI is InChI=1S/C29H24N2O6/c1-15-9-17(3)27-21(11-15)29(22-12-16(2)10-18(4)28(22)27,19-5-7-25(32)23(13-19)30(34)35)20-6-8-26(33)24(14-20)31(36)37/h5-14,32-33H,1-4H3. The highest BCUT2D eigenvalue weighted by Gasteiger charge is 2.49. The van der Waals surface area contributed by atoms with Crippen molar-refractivity contribution in [2.24, 2.45) is 0 Å². The van der Waals surface area contributed by atoms with Gasteiger partial charge in [0.1, 0.15) is 0 Å². The lowest BCUT2D eigenvalue weighted by molar-refractivity contribution is -0.386. The van der Waals surface area contributed by atoms with Gasteiger partial charge < -0.3 is 10.2 Å². The molecule has 1 aliphatic rings. The van der Waals surface area contributed by atoms with Crippen LogP contribution in [0.4, 0.5) is 11.4 Å². The molecule has 1 aliphatic carbocycles. The molecule has 0 heterocycles. The summed E-state index contributed by atoms with van der Waals surface area (Å²) in [5.74, 6) is -0.945. The Morgan fingerprint density at radius 1 is 0.622 bits per heavy atom. The van der Waals surface area contributed by atoms with Crippen molar-refractivity contribution in [3.8, 4) is 22.6 Å². The minimum absolute atomic E-state index is 0.464. The number of hydrogen-bond acceptors (Lipinski definition) is 6. The Balaban J connectivity index is 2.06. The van der Waals surface area contributed by atoms with Crippen molar-refractivity contribution in [2.45, 2.75) is 33.1 Å². The zero-order valence-electron chi connectivity index (χ0n) is 20.7. The Hall–Kier alpha value is -4.72. The number of nitro benzene ring substituents is 2. The average molecular weight is 497 g/mol. The van der Waals surface area contributed by atoms with Gasteiger partial charge in [-0.25, -0.2) is 0 Å². The third-order valence-electron chi connectivity index (χ3n) is 7.23. The molecule has 8 nitrogen and oxygen atoms in total. The van der Waals surface area contributed by atoms with Crippen LogP contribution in [0.25, 0.3) is 11.1 Å². The van der Waals surface area contributed by atoms with Crippen molar-refractivity contribution in [1.82, 2.24) is 0 Å². The molecule has 0 amide bonds. The van der Waals surface area contributed by atoms with Gasteiger partial charge in [-0.05, 0) is 84.3 Å². The lowest BCUT2D eigenvalue weighted by Gasteiger charge is -2.34. The Morgan fingerprint density at radius 2 is 1.00 bits per heavy atom. The number of benzene rings is 4. The molecule has 186 valence electrons. The molecule has 4 aromatic rings. The van der Waals surface area contributed by atoms with E-state index in [0.717, 1.165) is 44.5 Å². The highest BCUT2D eigenvalue weighted by Crippen LogP contribution is 2.59. The summed E-state index contributed by atoms with van der Waals surface area (Å²) in [5, 5.41) is 44.2. The van der Waals surface area contributed by atoms with Gasteiger partial charge in [-0.3, -0.25) is 20.2 Å². The number of phenols is 2. The van der Waals surface area contributed by atoms with Gasteiger partial charge in [0.15, 0.2) is 11.5 Å². The highest BCUT2D eigenvalue weighted by atomic mass is 16.6. The Morgan fingerprint density at radius 3 is 1.35 bits per heavy atom. The van der Waals surface area contributed by atoms with E-state index in [2.05, 4.69) is 12.1 Å². The topological polar surface area (TPSA) is 127 Å². The number of fused-ring (bicyclic) bond motifs is 3. The summed E-state index contributed by atoms with van der Waals surface area (Å²) in [6.45, 7) is 7.92. The number of nitrogens with zero attached hydrogens (tertiary/aromatic N) is 2. The van der Waals surface area contributed by atoms with Crippen molar-refractivity contribution in [2.75, 3.05) is 0 Å². The van der Waals surface area contributed by atoms with Crippen LogP contribution >= 0.6 is 0 Å². The average Bonchev–Trinajstić information content (AvgIpc) is 3.10. The van der Waals surface area contributed by atoms with E-state index in [4.69, 9.17) is 0 Å². The molecule has 0 atom stereocenters. The molecule has 0 aliphatic heterocycles. The summed E-state index contributed by atoms with van der Waals surface area (Å²) >= 11 is 0. The first-order chi connectivity index (χ1) is 17.5. The van der Waals surface area contributed by atoms with Crippen LogP contribution in [0.5, 0.6) is 11.5 Å². The fourth-order valence-electron chi connectivity index (χ4n) is 5.93. The van der Waals surface area contributed by atoms with Gasteiger partial charge in [-0.2, -0.15) is 0 Å². The van der Waals surface area contributed by atoms with Crippen LogP contribution in [0.3, 0.4) is 0 Å². The van der Waals surface area contributed by atoms with E-state index < -0.39 is 38.1 Å². The van der Waals surface area contributed by atoms with Crippen molar-refractivity contribution in [3.05, 3.63) is 125 Å². The first-order valence-corrected chi connectivity index (χ1v) is 11.7. The van der Waals surface area contributed by atoms with E-state index in [1.807, 2.05) is 39.8 Å². The zero-order chi connectivity index (χ0) is 26.8. The third-order valence-corrected chi connectivity index (χ3v) is 7.23. The molecule has 0 bridgehead atoms. The van der Waals surface area contributed by atoms with Crippen LogP contribution in [0.2, 0.25) is 0 Å². The van der Waals surface area contributed by atoms with Gasteiger partial charge in [0, 0.05) is 12.1 Å².